The summed E-state index contributed by atoms with van der Waals surface area (Å²) in [6.45, 7) is 0. The summed E-state index contributed by atoms with van der Waals surface area (Å²) >= 11 is 0. The first-order valence-electron chi connectivity index (χ1n) is 9.01. The maximum atomic E-state index is 12.4. The lowest BCUT2D eigenvalue weighted by Gasteiger charge is -2.25. The fourth-order valence-electron chi connectivity index (χ4n) is 3.48. The van der Waals surface area contributed by atoms with E-state index in [1.165, 1.54) is 7.11 Å². The van der Waals surface area contributed by atoms with Gasteiger partial charge in [0.05, 0.1) is 21.3 Å². The molecule has 3 aromatic carbocycles. The Balaban J connectivity index is 1.91. The zero-order valence-corrected chi connectivity index (χ0v) is 16.3. The van der Waals surface area contributed by atoms with E-state index >= 15 is 0 Å². The highest BCUT2D eigenvalue weighted by atomic mass is 16.5. The molecular formula is C23H20O6. The Bertz CT molecular complexity index is 1110. The summed E-state index contributed by atoms with van der Waals surface area (Å²) in [5.41, 5.74) is 1.47. The molecule has 1 aliphatic heterocycles. The van der Waals surface area contributed by atoms with Crippen molar-refractivity contribution in [2.24, 2.45) is 0 Å². The van der Waals surface area contributed by atoms with Gasteiger partial charge in [0.1, 0.15) is 34.7 Å². The van der Waals surface area contributed by atoms with Crippen LogP contribution in [0.5, 0.6) is 23.0 Å². The summed E-state index contributed by atoms with van der Waals surface area (Å²) in [4.78, 5) is 12.4. The number of ether oxygens (including phenoxy) is 4. The lowest BCUT2D eigenvalue weighted by Crippen LogP contribution is -2.13. The fraction of sp³-hybridized carbons (Fsp3) is 0.174. The van der Waals surface area contributed by atoms with Crippen LogP contribution >= 0.6 is 0 Å². The summed E-state index contributed by atoms with van der Waals surface area (Å²) in [7, 11) is 4.46. The third-order valence-corrected chi connectivity index (χ3v) is 4.99. The lowest BCUT2D eigenvalue weighted by molar-refractivity contribution is 0.0596. The molecule has 3 aromatic rings. The van der Waals surface area contributed by atoms with E-state index in [0.29, 0.717) is 27.8 Å². The molecule has 148 valence electrons. The van der Waals surface area contributed by atoms with Crippen LogP contribution in [0.15, 0.2) is 48.5 Å². The number of hydrogen-bond acceptors (Lipinski definition) is 6. The quantitative estimate of drug-likeness (QED) is 0.659. The van der Waals surface area contributed by atoms with Crippen LogP contribution in [-0.4, -0.2) is 32.4 Å². The SMILES string of the molecule is COC(=O)c1c2c(c3cc(OC)ccc3c1O)OC(c1ccc(OC)cc1)C=C2. The third-order valence-electron chi connectivity index (χ3n) is 4.99. The van der Waals surface area contributed by atoms with Gasteiger partial charge < -0.3 is 24.1 Å². The molecule has 0 aromatic heterocycles. The number of phenolic OH excluding ortho intramolecular Hbond substituents is 1. The molecule has 6 heteroatoms. The van der Waals surface area contributed by atoms with Crippen molar-refractivity contribution < 1.29 is 28.8 Å². The van der Waals surface area contributed by atoms with Crippen molar-refractivity contribution in [1.82, 2.24) is 0 Å². The fourth-order valence-corrected chi connectivity index (χ4v) is 3.48. The summed E-state index contributed by atoms with van der Waals surface area (Å²) in [5, 5.41) is 11.9. The number of phenols is 1. The number of esters is 1. The monoisotopic (exact) mass is 392 g/mol. The van der Waals surface area contributed by atoms with Crippen LogP contribution in [0.2, 0.25) is 0 Å². The average molecular weight is 392 g/mol. The van der Waals surface area contributed by atoms with Crippen LogP contribution in [0.1, 0.15) is 27.6 Å². The van der Waals surface area contributed by atoms with E-state index < -0.39 is 5.97 Å². The minimum absolute atomic E-state index is 0.0737. The summed E-state index contributed by atoms with van der Waals surface area (Å²) < 4.78 is 21.7. The van der Waals surface area contributed by atoms with Gasteiger partial charge in [-0.1, -0.05) is 18.2 Å². The Hall–Kier alpha value is -3.67. The van der Waals surface area contributed by atoms with Gasteiger partial charge in [-0.3, -0.25) is 0 Å². The van der Waals surface area contributed by atoms with Gasteiger partial charge in [0, 0.05) is 16.3 Å². The van der Waals surface area contributed by atoms with Gasteiger partial charge in [-0.25, -0.2) is 4.79 Å². The molecule has 1 aliphatic rings. The standard InChI is InChI=1S/C23H20O6/c1-26-14-6-4-13(5-7-14)19-11-10-17-20(23(25)28-3)21(24)16-9-8-15(27-2)12-18(16)22(17)29-19/h4-12,19,24H,1-3H3. The maximum Gasteiger partial charge on any atom is 0.342 e. The van der Waals surface area contributed by atoms with Gasteiger partial charge in [0.15, 0.2) is 0 Å². The van der Waals surface area contributed by atoms with E-state index in [1.54, 1.807) is 38.5 Å². The summed E-state index contributed by atoms with van der Waals surface area (Å²) in [5.74, 6) is 1.07. The highest BCUT2D eigenvalue weighted by Gasteiger charge is 2.28. The Morgan fingerprint density at radius 1 is 0.966 bits per heavy atom. The smallest absolute Gasteiger partial charge is 0.342 e. The highest BCUT2D eigenvalue weighted by Crippen LogP contribution is 2.46. The average Bonchev–Trinajstić information content (AvgIpc) is 2.78. The van der Waals surface area contributed by atoms with Crippen LogP contribution in [0.25, 0.3) is 16.8 Å². The van der Waals surface area contributed by atoms with E-state index in [2.05, 4.69) is 0 Å². The molecule has 1 N–H and O–H groups in total. The molecule has 0 spiro atoms. The zero-order chi connectivity index (χ0) is 20.5. The van der Waals surface area contributed by atoms with Crippen molar-refractivity contribution in [3.05, 3.63) is 65.2 Å². The topological polar surface area (TPSA) is 74.2 Å². The molecule has 0 saturated carbocycles. The maximum absolute atomic E-state index is 12.4. The molecule has 0 amide bonds. The first-order valence-corrected chi connectivity index (χ1v) is 9.01. The molecule has 0 bridgehead atoms. The highest BCUT2D eigenvalue weighted by molar-refractivity contribution is 6.08. The van der Waals surface area contributed by atoms with Crippen molar-refractivity contribution in [3.63, 3.8) is 0 Å². The van der Waals surface area contributed by atoms with Crippen molar-refractivity contribution in [2.75, 3.05) is 21.3 Å². The molecule has 0 fully saturated rings. The molecule has 0 radical (unpaired) electrons. The van der Waals surface area contributed by atoms with Crippen LogP contribution < -0.4 is 14.2 Å². The Kier molecular flexibility index (Phi) is 4.76. The Morgan fingerprint density at radius 2 is 1.66 bits per heavy atom. The van der Waals surface area contributed by atoms with Gasteiger partial charge in [-0.15, -0.1) is 0 Å². The Morgan fingerprint density at radius 3 is 2.31 bits per heavy atom. The van der Waals surface area contributed by atoms with E-state index in [0.717, 1.165) is 11.3 Å². The molecular weight excluding hydrogens is 372 g/mol. The van der Waals surface area contributed by atoms with E-state index in [1.807, 2.05) is 30.3 Å². The second-order valence-corrected chi connectivity index (χ2v) is 6.54. The van der Waals surface area contributed by atoms with Gasteiger partial charge in [-0.05, 0) is 42.0 Å². The predicted molar refractivity (Wildman–Crippen MR) is 109 cm³/mol. The molecule has 29 heavy (non-hydrogen) atoms. The zero-order valence-electron chi connectivity index (χ0n) is 16.3. The molecule has 0 saturated heterocycles. The number of rotatable bonds is 4. The first-order chi connectivity index (χ1) is 14.1. The van der Waals surface area contributed by atoms with Gasteiger partial charge >= 0.3 is 5.97 Å². The van der Waals surface area contributed by atoms with Crippen molar-refractivity contribution in [2.45, 2.75) is 6.10 Å². The minimum atomic E-state index is -0.632. The molecule has 1 heterocycles. The van der Waals surface area contributed by atoms with E-state index in [9.17, 15) is 9.90 Å². The largest absolute Gasteiger partial charge is 0.506 e. The first kappa shape index (κ1) is 18.7. The number of aromatic hydroxyl groups is 1. The van der Waals surface area contributed by atoms with E-state index in [4.69, 9.17) is 18.9 Å². The van der Waals surface area contributed by atoms with Crippen molar-refractivity contribution in [1.29, 1.82) is 0 Å². The number of carbonyl (C=O) groups is 1. The van der Waals surface area contributed by atoms with Gasteiger partial charge in [-0.2, -0.15) is 0 Å². The molecule has 4 rings (SSSR count). The molecule has 1 atom stereocenters. The molecule has 1 unspecified atom stereocenters. The van der Waals surface area contributed by atoms with Gasteiger partial charge in [0.25, 0.3) is 0 Å². The predicted octanol–water partition coefficient (Wildman–Crippen LogP) is 4.50. The second kappa shape index (κ2) is 7.39. The summed E-state index contributed by atoms with van der Waals surface area (Å²) in [6.07, 6.45) is 3.25. The summed E-state index contributed by atoms with van der Waals surface area (Å²) in [6, 6.07) is 12.8. The third kappa shape index (κ3) is 3.12. The minimum Gasteiger partial charge on any atom is -0.506 e. The van der Waals surface area contributed by atoms with Crippen molar-refractivity contribution >= 4 is 22.8 Å². The van der Waals surface area contributed by atoms with E-state index in [-0.39, 0.29) is 17.4 Å². The Labute approximate surface area is 167 Å². The molecule has 0 aliphatic carbocycles. The lowest BCUT2D eigenvalue weighted by atomic mass is 9.94. The van der Waals surface area contributed by atoms with Gasteiger partial charge in [0.2, 0.25) is 0 Å². The van der Waals surface area contributed by atoms with Crippen molar-refractivity contribution in [3.8, 4) is 23.0 Å². The molecule has 6 nitrogen and oxygen atoms in total. The van der Waals surface area contributed by atoms with Crippen LogP contribution in [0, 0.1) is 0 Å². The number of methoxy groups -OCH3 is 3. The number of benzene rings is 3. The van der Waals surface area contributed by atoms with Crippen LogP contribution in [0.3, 0.4) is 0 Å². The number of fused-ring (bicyclic) bond motifs is 3. The number of carbonyl (C=O) groups excluding carboxylic acids is 1. The number of hydrogen-bond donors (Lipinski definition) is 1. The van der Waals surface area contributed by atoms with Crippen LogP contribution in [-0.2, 0) is 4.74 Å². The second-order valence-electron chi connectivity index (χ2n) is 6.54. The van der Waals surface area contributed by atoms with Crippen LogP contribution in [0.4, 0.5) is 0 Å². The normalized spacial score (nSPS) is 14.8.